The first-order valence-electron chi connectivity index (χ1n) is 11.2. The topological polar surface area (TPSA) is 109 Å². The molecule has 1 aromatic heterocycles. The molecule has 34 heavy (non-hydrogen) atoms. The highest BCUT2D eigenvalue weighted by Gasteiger charge is 2.23. The lowest BCUT2D eigenvalue weighted by atomic mass is 9.92. The molecule has 8 heteroatoms. The second-order valence-corrected chi connectivity index (χ2v) is 8.67. The van der Waals surface area contributed by atoms with Crippen LogP contribution >= 0.6 is 0 Å². The molecule has 0 aliphatic rings. The van der Waals surface area contributed by atoms with Crippen LogP contribution in [0.5, 0.6) is 5.75 Å². The Morgan fingerprint density at radius 3 is 2.38 bits per heavy atom. The molecule has 3 N–H and O–H groups in total. The van der Waals surface area contributed by atoms with Gasteiger partial charge in [0.15, 0.2) is 0 Å². The Balaban J connectivity index is 2.18. The highest BCUT2D eigenvalue weighted by atomic mass is 19.1. The number of pyridine rings is 1. The molecule has 0 unspecified atom stereocenters. The lowest BCUT2D eigenvalue weighted by Crippen LogP contribution is -2.26. The minimum Gasteiger partial charge on any atom is -0.496 e. The van der Waals surface area contributed by atoms with Crippen LogP contribution in [0.25, 0.3) is 22.0 Å². The van der Waals surface area contributed by atoms with E-state index >= 15 is 0 Å². The van der Waals surface area contributed by atoms with E-state index in [2.05, 4.69) is 0 Å². The number of aliphatic hydroxyl groups excluding tert-OH is 2. The highest BCUT2D eigenvalue weighted by molar-refractivity contribution is 5.91. The summed E-state index contributed by atoms with van der Waals surface area (Å²) in [6, 6.07) is 11.1. The second-order valence-electron chi connectivity index (χ2n) is 8.67. The van der Waals surface area contributed by atoms with Gasteiger partial charge >= 0.3 is 5.97 Å². The van der Waals surface area contributed by atoms with Crippen molar-refractivity contribution in [1.29, 1.82) is 0 Å². The molecule has 0 saturated carbocycles. The number of rotatable bonds is 10. The summed E-state index contributed by atoms with van der Waals surface area (Å²) in [5.74, 6) is -1.33. The van der Waals surface area contributed by atoms with Gasteiger partial charge in [0.25, 0.3) is 5.56 Å². The molecule has 0 amide bonds. The molecule has 0 saturated heterocycles. The standard InChI is InChI=1S/C26H30FNO6/c1-15(2)28-25(22-10-8-16(27)12-23(22)34-3)20(19-6-4-5-7-21(19)26(28)33)11-9-17(29)13-18(30)14-24(31)32/h4-8,10,12,15,17-18,29-30H,9,11,13-14H2,1-3H3,(H,31,32)/t17-,18-/m1/s1. The summed E-state index contributed by atoms with van der Waals surface area (Å²) in [6.45, 7) is 3.77. The summed E-state index contributed by atoms with van der Waals surface area (Å²) >= 11 is 0. The maximum absolute atomic E-state index is 14.0. The predicted molar refractivity (Wildman–Crippen MR) is 128 cm³/mol. The van der Waals surface area contributed by atoms with Crippen LogP contribution in [-0.2, 0) is 11.2 Å². The van der Waals surface area contributed by atoms with Crippen LogP contribution in [0.1, 0.15) is 44.7 Å². The number of halogens is 1. The van der Waals surface area contributed by atoms with Crippen molar-refractivity contribution in [2.45, 2.75) is 57.8 Å². The Hall–Kier alpha value is -3.23. The molecule has 0 bridgehead atoms. The molecule has 2 atom stereocenters. The summed E-state index contributed by atoms with van der Waals surface area (Å²) in [4.78, 5) is 24.3. The molecule has 0 fully saturated rings. The zero-order valence-electron chi connectivity index (χ0n) is 19.5. The SMILES string of the molecule is COc1cc(F)ccc1-c1c(CC[C@@H](O)C[C@@H](O)CC(=O)O)c2ccccc2c(=O)n1C(C)C. The maximum atomic E-state index is 14.0. The van der Waals surface area contributed by atoms with Crippen LogP contribution in [0.4, 0.5) is 4.39 Å². The van der Waals surface area contributed by atoms with E-state index in [0.29, 0.717) is 28.5 Å². The van der Waals surface area contributed by atoms with Gasteiger partial charge in [-0.05, 0) is 62.3 Å². The van der Waals surface area contributed by atoms with Crippen LogP contribution in [-0.4, -0.2) is 45.2 Å². The Kier molecular flexibility index (Phi) is 8.06. The van der Waals surface area contributed by atoms with Crippen LogP contribution in [0.3, 0.4) is 0 Å². The van der Waals surface area contributed by atoms with Crippen molar-refractivity contribution in [3.8, 4) is 17.0 Å². The average Bonchev–Trinajstić information content (AvgIpc) is 2.77. The van der Waals surface area contributed by atoms with E-state index in [9.17, 15) is 24.2 Å². The molecule has 7 nitrogen and oxygen atoms in total. The number of ether oxygens (including phenoxy) is 1. The first-order chi connectivity index (χ1) is 16.1. The van der Waals surface area contributed by atoms with Gasteiger partial charge in [-0.2, -0.15) is 0 Å². The number of hydrogen-bond acceptors (Lipinski definition) is 5. The van der Waals surface area contributed by atoms with Gasteiger partial charge in [0, 0.05) is 23.1 Å². The van der Waals surface area contributed by atoms with E-state index in [1.807, 2.05) is 26.0 Å². The molecule has 3 aromatic rings. The number of carbonyl (C=O) groups is 1. The average molecular weight is 472 g/mol. The number of methoxy groups -OCH3 is 1. The molecule has 2 aromatic carbocycles. The fourth-order valence-corrected chi connectivity index (χ4v) is 4.36. The number of carboxylic acid groups (broad SMARTS) is 1. The van der Waals surface area contributed by atoms with E-state index in [0.717, 1.165) is 5.56 Å². The van der Waals surface area contributed by atoms with Gasteiger partial charge in [-0.15, -0.1) is 0 Å². The fourth-order valence-electron chi connectivity index (χ4n) is 4.36. The first-order valence-corrected chi connectivity index (χ1v) is 11.2. The first kappa shape index (κ1) is 25.4. The fraction of sp³-hybridized carbons (Fsp3) is 0.385. The normalized spacial score (nSPS) is 13.3. The lowest BCUT2D eigenvalue weighted by Gasteiger charge is -2.24. The number of nitrogens with zero attached hydrogens (tertiary/aromatic N) is 1. The van der Waals surface area contributed by atoms with Gasteiger partial charge in [0.2, 0.25) is 0 Å². The summed E-state index contributed by atoms with van der Waals surface area (Å²) in [5, 5.41) is 30.5. The van der Waals surface area contributed by atoms with Gasteiger partial charge < -0.3 is 24.6 Å². The van der Waals surface area contributed by atoms with E-state index in [1.165, 1.54) is 19.2 Å². The Bertz CT molecular complexity index is 1240. The molecule has 0 radical (unpaired) electrons. The molecule has 1 heterocycles. The smallest absolute Gasteiger partial charge is 0.305 e. The van der Waals surface area contributed by atoms with E-state index in [1.54, 1.807) is 22.8 Å². The third kappa shape index (κ3) is 5.46. The number of aromatic nitrogens is 1. The zero-order chi connectivity index (χ0) is 25.0. The van der Waals surface area contributed by atoms with Crippen molar-refractivity contribution >= 4 is 16.7 Å². The zero-order valence-corrected chi connectivity index (χ0v) is 19.5. The molecule has 182 valence electrons. The van der Waals surface area contributed by atoms with Crippen molar-refractivity contribution < 1.29 is 29.2 Å². The minimum atomic E-state index is -1.16. The van der Waals surface area contributed by atoms with Crippen LogP contribution < -0.4 is 10.3 Å². The van der Waals surface area contributed by atoms with Gasteiger partial charge in [-0.25, -0.2) is 4.39 Å². The monoisotopic (exact) mass is 471 g/mol. The number of aliphatic hydroxyl groups is 2. The van der Waals surface area contributed by atoms with Crippen molar-refractivity contribution in [2.24, 2.45) is 0 Å². The number of hydrogen-bond donors (Lipinski definition) is 3. The molecular formula is C26H30FNO6. The molecule has 0 aliphatic carbocycles. The van der Waals surface area contributed by atoms with Crippen LogP contribution in [0.15, 0.2) is 47.3 Å². The summed E-state index contributed by atoms with van der Waals surface area (Å²) < 4.78 is 21.1. The maximum Gasteiger partial charge on any atom is 0.305 e. The molecular weight excluding hydrogens is 441 g/mol. The van der Waals surface area contributed by atoms with Gasteiger partial charge in [0.1, 0.15) is 11.6 Å². The number of carboxylic acids is 1. The number of aryl methyl sites for hydroxylation is 1. The summed E-state index contributed by atoms with van der Waals surface area (Å²) in [7, 11) is 1.43. The van der Waals surface area contributed by atoms with E-state index < -0.39 is 30.4 Å². The van der Waals surface area contributed by atoms with Crippen LogP contribution in [0.2, 0.25) is 0 Å². The highest BCUT2D eigenvalue weighted by Crippen LogP contribution is 2.37. The van der Waals surface area contributed by atoms with Crippen molar-refractivity contribution in [3.05, 3.63) is 64.2 Å². The van der Waals surface area contributed by atoms with E-state index in [-0.39, 0.29) is 30.2 Å². The Morgan fingerprint density at radius 2 is 1.76 bits per heavy atom. The van der Waals surface area contributed by atoms with Gasteiger partial charge in [0.05, 0.1) is 31.4 Å². The lowest BCUT2D eigenvalue weighted by molar-refractivity contribution is -0.139. The summed E-state index contributed by atoms with van der Waals surface area (Å²) in [6.07, 6.45) is -2.07. The third-order valence-electron chi connectivity index (χ3n) is 5.85. The Labute approximate surface area is 197 Å². The largest absolute Gasteiger partial charge is 0.496 e. The van der Waals surface area contributed by atoms with Crippen molar-refractivity contribution in [1.82, 2.24) is 4.57 Å². The molecule has 3 rings (SSSR count). The summed E-state index contributed by atoms with van der Waals surface area (Å²) in [5.41, 5.74) is 1.72. The van der Waals surface area contributed by atoms with Crippen LogP contribution in [0, 0.1) is 5.82 Å². The van der Waals surface area contributed by atoms with E-state index in [4.69, 9.17) is 9.84 Å². The number of fused-ring (bicyclic) bond motifs is 1. The van der Waals surface area contributed by atoms with Gasteiger partial charge in [-0.1, -0.05) is 18.2 Å². The van der Waals surface area contributed by atoms with Crippen molar-refractivity contribution in [2.75, 3.05) is 7.11 Å². The molecule has 0 spiro atoms. The number of aliphatic carboxylic acids is 1. The quantitative estimate of drug-likeness (QED) is 0.414. The predicted octanol–water partition coefficient (Wildman–Crippen LogP) is 3.92. The molecule has 0 aliphatic heterocycles. The second kappa shape index (κ2) is 10.8. The minimum absolute atomic E-state index is 0.0801. The number of benzene rings is 2. The van der Waals surface area contributed by atoms with Gasteiger partial charge in [-0.3, -0.25) is 9.59 Å². The third-order valence-corrected chi connectivity index (χ3v) is 5.85. The van der Waals surface area contributed by atoms with Crippen molar-refractivity contribution in [3.63, 3.8) is 0 Å². The Morgan fingerprint density at radius 1 is 1.09 bits per heavy atom.